The molecule has 0 spiro atoms. The molecule has 0 aliphatic rings. The molecule has 0 saturated carbocycles. The first-order chi connectivity index (χ1) is 10.2. The number of nitriles is 1. The van der Waals surface area contributed by atoms with Crippen molar-refractivity contribution in [2.45, 2.75) is 13.5 Å². The summed E-state index contributed by atoms with van der Waals surface area (Å²) in [4.78, 5) is 2.19. The molecule has 0 N–H and O–H groups in total. The second kappa shape index (κ2) is 7.47. The largest absolute Gasteiger partial charge is 0.492 e. The molecule has 0 fully saturated rings. The van der Waals surface area contributed by atoms with E-state index in [0.717, 1.165) is 30.0 Å². The zero-order chi connectivity index (χ0) is 15.1. The number of aryl methyl sites for hydroxylation is 1. The summed E-state index contributed by atoms with van der Waals surface area (Å²) in [6, 6.07) is 17.9. The van der Waals surface area contributed by atoms with Crippen molar-refractivity contribution in [3.8, 4) is 11.8 Å². The van der Waals surface area contributed by atoms with Crippen LogP contribution in [-0.4, -0.2) is 25.1 Å². The Morgan fingerprint density at radius 2 is 1.95 bits per heavy atom. The molecule has 0 unspecified atom stereocenters. The van der Waals surface area contributed by atoms with Gasteiger partial charge in [0.25, 0.3) is 0 Å². The summed E-state index contributed by atoms with van der Waals surface area (Å²) in [7, 11) is 2.06. The molecule has 0 aliphatic heterocycles. The summed E-state index contributed by atoms with van der Waals surface area (Å²) in [5.41, 5.74) is 3.01. The summed E-state index contributed by atoms with van der Waals surface area (Å²) in [6.45, 7) is 4.35. The van der Waals surface area contributed by atoms with Crippen LogP contribution in [0.3, 0.4) is 0 Å². The molecule has 21 heavy (non-hydrogen) atoms. The van der Waals surface area contributed by atoms with Gasteiger partial charge in [-0.25, -0.2) is 0 Å². The average molecular weight is 280 g/mol. The maximum atomic E-state index is 8.91. The molecule has 108 valence electrons. The third-order valence-corrected chi connectivity index (χ3v) is 3.33. The zero-order valence-corrected chi connectivity index (χ0v) is 12.5. The van der Waals surface area contributed by atoms with Crippen molar-refractivity contribution in [3.05, 3.63) is 65.2 Å². The van der Waals surface area contributed by atoms with Gasteiger partial charge in [-0.05, 0) is 43.3 Å². The van der Waals surface area contributed by atoms with E-state index in [1.54, 1.807) is 0 Å². The molecule has 2 aromatic rings. The number of ether oxygens (including phenoxy) is 1. The van der Waals surface area contributed by atoms with Crippen LogP contribution in [0, 0.1) is 18.3 Å². The lowest BCUT2D eigenvalue weighted by atomic mass is 10.1. The molecule has 0 atom stereocenters. The number of likely N-dealkylation sites (N-methyl/N-ethyl adjacent to an activating group) is 1. The van der Waals surface area contributed by atoms with Crippen LogP contribution in [0.5, 0.6) is 5.75 Å². The molecule has 0 aromatic heterocycles. The normalized spacial score (nSPS) is 10.4. The molecule has 3 nitrogen and oxygen atoms in total. The van der Waals surface area contributed by atoms with Crippen LogP contribution in [0.2, 0.25) is 0 Å². The van der Waals surface area contributed by atoms with Crippen molar-refractivity contribution in [3.63, 3.8) is 0 Å². The van der Waals surface area contributed by atoms with Crippen molar-refractivity contribution in [1.29, 1.82) is 5.26 Å². The maximum absolute atomic E-state index is 8.91. The van der Waals surface area contributed by atoms with Crippen LogP contribution in [-0.2, 0) is 6.54 Å². The lowest BCUT2D eigenvalue weighted by Gasteiger charge is -2.17. The van der Waals surface area contributed by atoms with Gasteiger partial charge in [-0.1, -0.05) is 30.3 Å². The molecule has 0 heterocycles. The number of para-hydroxylation sites is 1. The number of rotatable bonds is 6. The first-order valence-corrected chi connectivity index (χ1v) is 7.05. The fourth-order valence-corrected chi connectivity index (χ4v) is 2.16. The summed E-state index contributed by atoms with van der Waals surface area (Å²) in [5.74, 6) is 0.942. The summed E-state index contributed by atoms with van der Waals surface area (Å²) >= 11 is 0. The van der Waals surface area contributed by atoms with E-state index in [-0.39, 0.29) is 0 Å². The van der Waals surface area contributed by atoms with E-state index in [2.05, 4.69) is 18.0 Å². The second-order valence-electron chi connectivity index (χ2n) is 5.16. The molecule has 0 amide bonds. The lowest BCUT2D eigenvalue weighted by Crippen LogP contribution is -2.24. The van der Waals surface area contributed by atoms with E-state index in [0.29, 0.717) is 12.2 Å². The third-order valence-electron chi connectivity index (χ3n) is 3.33. The minimum absolute atomic E-state index is 0.652. The Morgan fingerprint density at radius 3 is 2.71 bits per heavy atom. The molecule has 0 radical (unpaired) electrons. The Balaban J connectivity index is 1.81. The highest BCUT2D eigenvalue weighted by Crippen LogP contribution is 2.16. The van der Waals surface area contributed by atoms with E-state index >= 15 is 0 Å². The van der Waals surface area contributed by atoms with E-state index in [9.17, 15) is 0 Å². The van der Waals surface area contributed by atoms with Gasteiger partial charge in [0, 0.05) is 13.1 Å². The molecule has 2 rings (SSSR count). The highest BCUT2D eigenvalue weighted by molar-refractivity contribution is 5.33. The minimum atomic E-state index is 0.652. The zero-order valence-electron chi connectivity index (χ0n) is 12.5. The molecule has 0 aliphatic carbocycles. The van der Waals surface area contributed by atoms with Crippen LogP contribution in [0.15, 0.2) is 48.5 Å². The Morgan fingerprint density at radius 1 is 1.14 bits per heavy atom. The van der Waals surface area contributed by atoms with Gasteiger partial charge >= 0.3 is 0 Å². The standard InChI is InChI=1S/C18H20N2O/c1-15-6-3-4-9-18(15)21-11-10-20(2)14-17-8-5-7-16(12-17)13-19/h3-9,12H,10-11,14H2,1-2H3. The third kappa shape index (κ3) is 4.62. The molecule has 3 heteroatoms. The molecular formula is C18H20N2O. The van der Waals surface area contributed by atoms with Crippen molar-refractivity contribution in [2.75, 3.05) is 20.2 Å². The van der Waals surface area contributed by atoms with Crippen LogP contribution in [0.25, 0.3) is 0 Å². The summed E-state index contributed by atoms with van der Waals surface area (Å²) in [5, 5.41) is 8.91. The summed E-state index contributed by atoms with van der Waals surface area (Å²) in [6.07, 6.45) is 0. The topological polar surface area (TPSA) is 36.3 Å². The molecule has 0 bridgehead atoms. The van der Waals surface area contributed by atoms with Gasteiger partial charge < -0.3 is 4.74 Å². The van der Waals surface area contributed by atoms with Crippen LogP contribution < -0.4 is 4.74 Å². The number of hydrogen-bond acceptors (Lipinski definition) is 3. The quantitative estimate of drug-likeness (QED) is 0.814. The van der Waals surface area contributed by atoms with E-state index in [1.165, 1.54) is 0 Å². The fourth-order valence-electron chi connectivity index (χ4n) is 2.16. The Labute approximate surface area is 126 Å². The van der Waals surface area contributed by atoms with Gasteiger partial charge in [-0.3, -0.25) is 4.90 Å². The number of benzene rings is 2. The highest BCUT2D eigenvalue weighted by Gasteiger charge is 2.03. The van der Waals surface area contributed by atoms with E-state index in [1.807, 2.05) is 55.5 Å². The van der Waals surface area contributed by atoms with Crippen LogP contribution >= 0.6 is 0 Å². The SMILES string of the molecule is Cc1ccccc1OCCN(C)Cc1cccc(C#N)c1. The van der Waals surface area contributed by atoms with Gasteiger partial charge in [0.1, 0.15) is 12.4 Å². The minimum Gasteiger partial charge on any atom is -0.492 e. The Kier molecular flexibility index (Phi) is 5.36. The van der Waals surface area contributed by atoms with Crippen LogP contribution in [0.1, 0.15) is 16.7 Å². The molecule has 0 saturated heterocycles. The number of nitrogens with zero attached hydrogens (tertiary/aromatic N) is 2. The van der Waals surface area contributed by atoms with E-state index < -0.39 is 0 Å². The number of hydrogen-bond donors (Lipinski definition) is 0. The predicted octanol–water partition coefficient (Wildman–Crippen LogP) is 3.38. The fraction of sp³-hybridized carbons (Fsp3) is 0.278. The predicted molar refractivity (Wildman–Crippen MR) is 84.2 cm³/mol. The highest BCUT2D eigenvalue weighted by atomic mass is 16.5. The Bertz CT molecular complexity index is 631. The Hall–Kier alpha value is -2.31. The first-order valence-electron chi connectivity index (χ1n) is 7.05. The first kappa shape index (κ1) is 15.1. The summed E-state index contributed by atoms with van der Waals surface area (Å²) < 4.78 is 5.80. The van der Waals surface area contributed by atoms with Gasteiger partial charge in [0.15, 0.2) is 0 Å². The van der Waals surface area contributed by atoms with Crippen molar-refractivity contribution >= 4 is 0 Å². The smallest absolute Gasteiger partial charge is 0.122 e. The lowest BCUT2D eigenvalue weighted by molar-refractivity contribution is 0.232. The van der Waals surface area contributed by atoms with E-state index in [4.69, 9.17) is 10.00 Å². The van der Waals surface area contributed by atoms with Crippen molar-refractivity contribution < 1.29 is 4.74 Å². The van der Waals surface area contributed by atoms with Gasteiger partial charge in [-0.15, -0.1) is 0 Å². The van der Waals surface area contributed by atoms with Crippen molar-refractivity contribution in [2.24, 2.45) is 0 Å². The van der Waals surface area contributed by atoms with Crippen LogP contribution in [0.4, 0.5) is 0 Å². The maximum Gasteiger partial charge on any atom is 0.122 e. The van der Waals surface area contributed by atoms with Crippen molar-refractivity contribution in [1.82, 2.24) is 4.90 Å². The van der Waals surface area contributed by atoms with Gasteiger partial charge in [0.2, 0.25) is 0 Å². The molecule has 2 aromatic carbocycles. The monoisotopic (exact) mass is 280 g/mol. The van der Waals surface area contributed by atoms with Gasteiger partial charge in [0.05, 0.1) is 11.6 Å². The molecular weight excluding hydrogens is 260 g/mol. The van der Waals surface area contributed by atoms with Gasteiger partial charge in [-0.2, -0.15) is 5.26 Å². The average Bonchev–Trinajstić information content (AvgIpc) is 2.49. The second-order valence-corrected chi connectivity index (χ2v) is 5.16.